The minimum Gasteiger partial charge on any atom is -0.460 e. The molecule has 4 nitrogen and oxygen atoms in total. The van der Waals surface area contributed by atoms with Crippen molar-refractivity contribution in [1.82, 2.24) is 5.32 Å². The average Bonchev–Trinajstić information content (AvgIpc) is 3.28. The third kappa shape index (κ3) is 5.74. The van der Waals surface area contributed by atoms with E-state index in [4.69, 9.17) is 9.16 Å². The molecular weight excluding hydrogens is 534 g/mol. The first-order valence-electron chi connectivity index (χ1n) is 14.9. The molecule has 0 saturated carbocycles. The van der Waals surface area contributed by atoms with Gasteiger partial charge in [-0.1, -0.05) is 137 Å². The summed E-state index contributed by atoms with van der Waals surface area (Å²) < 4.78 is 12.7. The van der Waals surface area contributed by atoms with Crippen LogP contribution in [0.1, 0.15) is 49.9 Å². The summed E-state index contributed by atoms with van der Waals surface area (Å²) in [5.41, 5.74) is 5.92. The predicted octanol–water partition coefficient (Wildman–Crippen LogP) is 8.32. The van der Waals surface area contributed by atoms with Crippen molar-refractivity contribution >= 4 is 14.3 Å². The Balaban J connectivity index is 1.58. The summed E-state index contributed by atoms with van der Waals surface area (Å²) in [6.45, 7) is 14.0. The number of ether oxygens (including phenoxy) is 1. The average molecular weight is 578 g/mol. The SMILES string of the molecule is C[C@H](CO[Si](C)(C)C(C)(C)C)[C@H](NC1(c2ccccc2)c2ccccc2-c2ccccc21)C(=O)OCc1ccccc1. The maximum Gasteiger partial charge on any atom is 0.323 e. The minimum atomic E-state index is -2.04. The summed E-state index contributed by atoms with van der Waals surface area (Å²) in [6.07, 6.45) is 0. The van der Waals surface area contributed by atoms with Crippen LogP contribution in [0.25, 0.3) is 11.1 Å². The molecule has 5 rings (SSSR count). The van der Waals surface area contributed by atoms with E-state index in [-0.39, 0.29) is 23.5 Å². The first-order chi connectivity index (χ1) is 20.0. The molecule has 2 atom stereocenters. The summed E-state index contributed by atoms with van der Waals surface area (Å²) >= 11 is 0. The van der Waals surface area contributed by atoms with Crippen molar-refractivity contribution in [2.45, 2.75) is 64.0 Å². The summed E-state index contributed by atoms with van der Waals surface area (Å²) in [7, 11) is -2.04. The second kappa shape index (κ2) is 12.0. The molecule has 0 fully saturated rings. The molecule has 1 aliphatic carbocycles. The first-order valence-corrected chi connectivity index (χ1v) is 17.8. The zero-order valence-corrected chi connectivity index (χ0v) is 26.7. The van der Waals surface area contributed by atoms with E-state index in [1.165, 1.54) is 11.1 Å². The number of nitrogens with one attached hydrogen (secondary N) is 1. The van der Waals surface area contributed by atoms with Crippen molar-refractivity contribution in [1.29, 1.82) is 0 Å². The quantitative estimate of drug-likeness (QED) is 0.152. The van der Waals surface area contributed by atoms with Crippen LogP contribution in [0.2, 0.25) is 18.1 Å². The lowest BCUT2D eigenvalue weighted by atomic mass is 9.79. The predicted molar refractivity (Wildman–Crippen MR) is 174 cm³/mol. The molecule has 0 heterocycles. The second-order valence-electron chi connectivity index (χ2n) is 13.0. The summed E-state index contributed by atoms with van der Waals surface area (Å²) in [6, 6.07) is 36.7. The Morgan fingerprint density at radius 2 is 1.29 bits per heavy atom. The Bertz CT molecular complexity index is 1470. The van der Waals surface area contributed by atoms with Gasteiger partial charge >= 0.3 is 5.97 Å². The molecule has 4 aromatic rings. The largest absolute Gasteiger partial charge is 0.460 e. The highest BCUT2D eigenvalue weighted by Crippen LogP contribution is 2.51. The highest BCUT2D eigenvalue weighted by molar-refractivity contribution is 6.74. The van der Waals surface area contributed by atoms with Crippen molar-refractivity contribution in [2.75, 3.05) is 6.61 Å². The van der Waals surface area contributed by atoms with Crippen molar-refractivity contribution in [3.05, 3.63) is 131 Å². The van der Waals surface area contributed by atoms with E-state index in [1.54, 1.807) is 0 Å². The fourth-order valence-corrected chi connectivity index (χ4v) is 6.72. The van der Waals surface area contributed by atoms with Gasteiger partial charge in [0.05, 0.1) is 5.54 Å². The number of hydrogen-bond acceptors (Lipinski definition) is 4. The highest BCUT2D eigenvalue weighted by atomic mass is 28.4. The van der Waals surface area contributed by atoms with Crippen LogP contribution in [0, 0.1) is 5.92 Å². The van der Waals surface area contributed by atoms with Crippen LogP contribution in [0.5, 0.6) is 0 Å². The van der Waals surface area contributed by atoms with Crippen molar-refractivity contribution in [3.63, 3.8) is 0 Å². The van der Waals surface area contributed by atoms with Crippen LogP contribution < -0.4 is 5.32 Å². The van der Waals surface area contributed by atoms with Crippen LogP contribution in [0.3, 0.4) is 0 Å². The van der Waals surface area contributed by atoms with Crippen LogP contribution >= 0.6 is 0 Å². The molecule has 0 aliphatic heterocycles. The fraction of sp³-hybridized carbons (Fsp3) is 0.324. The monoisotopic (exact) mass is 577 g/mol. The number of carbonyl (C=O) groups excluding carboxylic acids is 1. The van der Waals surface area contributed by atoms with Crippen molar-refractivity contribution in [2.24, 2.45) is 5.92 Å². The maximum absolute atomic E-state index is 14.1. The molecule has 0 saturated heterocycles. The van der Waals surface area contributed by atoms with Crippen LogP contribution in [0.4, 0.5) is 0 Å². The third-order valence-electron chi connectivity index (χ3n) is 9.09. The number of esters is 1. The van der Waals surface area contributed by atoms with Crippen molar-refractivity contribution in [3.8, 4) is 11.1 Å². The van der Waals surface area contributed by atoms with Crippen molar-refractivity contribution < 1.29 is 14.0 Å². The lowest BCUT2D eigenvalue weighted by Crippen LogP contribution is -2.55. The lowest BCUT2D eigenvalue weighted by Gasteiger charge is -2.40. The van der Waals surface area contributed by atoms with Gasteiger partial charge in [0.15, 0.2) is 8.32 Å². The Morgan fingerprint density at radius 1 is 0.786 bits per heavy atom. The second-order valence-corrected chi connectivity index (χ2v) is 17.8. The molecule has 42 heavy (non-hydrogen) atoms. The van der Waals surface area contributed by atoms with Gasteiger partial charge in [0.1, 0.15) is 12.6 Å². The molecule has 0 bridgehead atoms. The fourth-order valence-electron chi connectivity index (χ4n) is 5.61. The molecule has 5 heteroatoms. The summed E-state index contributed by atoms with van der Waals surface area (Å²) in [4.78, 5) is 14.1. The number of fused-ring (bicyclic) bond motifs is 3. The molecule has 0 spiro atoms. The molecule has 0 aromatic heterocycles. The Kier molecular flexibility index (Phi) is 8.56. The van der Waals surface area contributed by atoms with Gasteiger partial charge in [-0.05, 0) is 51.5 Å². The van der Waals surface area contributed by atoms with Gasteiger partial charge in [0, 0.05) is 12.5 Å². The van der Waals surface area contributed by atoms with Gasteiger partial charge in [-0.3, -0.25) is 10.1 Å². The molecular formula is C37H43NO3Si. The van der Waals surface area contributed by atoms with Gasteiger partial charge in [-0.2, -0.15) is 0 Å². The number of rotatable bonds is 10. The Labute approximate surface area is 252 Å². The summed E-state index contributed by atoms with van der Waals surface area (Å²) in [5, 5.41) is 4.00. The van der Waals surface area contributed by atoms with E-state index in [1.807, 2.05) is 36.4 Å². The van der Waals surface area contributed by atoms with E-state index in [0.29, 0.717) is 6.61 Å². The van der Waals surface area contributed by atoms with Gasteiger partial charge in [0.25, 0.3) is 0 Å². The molecule has 0 unspecified atom stereocenters. The number of carbonyl (C=O) groups is 1. The number of hydrogen-bond donors (Lipinski definition) is 1. The smallest absolute Gasteiger partial charge is 0.323 e. The van der Waals surface area contributed by atoms with Gasteiger partial charge in [-0.25, -0.2) is 0 Å². The number of benzene rings is 4. The van der Waals surface area contributed by atoms with Crippen LogP contribution in [0.15, 0.2) is 109 Å². The van der Waals surface area contributed by atoms with E-state index in [2.05, 4.69) is 119 Å². The van der Waals surface area contributed by atoms with E-state index in [9.17, 15) is 4.79 Å². The standard InChI is InChI=1S/C37H43NO3Si/c1-27(25-41-42(5,6)36(2,3)4)34(35(39)40-26-28-17-9-7-10-18-28)38-37(29-19-11-8-12-20-29)32-23-15-13-21-30(32)31-22-14-16-24-33(31)37/h7-24,27,34,38H,25-26H2,1-6H3/t27-,34+/m1/s1. The normalized spacial score (nSPS) is 15.4. The van der Waals surface area contributed by atoms with E-state index in [0.717, 1.165) is 22.3 Å². The van der Waals surface area contributed by atoms with Gasteiger partial charge in [0.2, 0.25) is 0 Å². The molecule has 0 amide bonds. The zero-order chi connectivity index (χ0) is 30.0. The molecule has 0 radical (unpaired) electrons. The first kappa shape index (κ1) is 30.0. The van der Waals surface area contributed by atoms with Crippen LogP contribution in [-0.2, 0) is 26.1 Å². The molecule has 218 valence electrons. The topological polar surface area (TPSA) is 47.6 Å². The van der Waals surface area contributed by atoms with Crippen LogP contribution in [-0.4, -0.2) is 26.9 Å². The van der Waals surface area contributed by atoms with Gasteiger partial charge < -0.3 is 9.16 Å². The molecule has 1 N–H and O–H groups in total. The summed E-state index contributed by atoms with van der Waals surface area (Å²) in [5.74, 6) is -0.426. The van der Waals surface area contributed by atoms with E-state index < -0.39 is 19.9 Å². The Hall–Kier alpha value is -3.51. The highest BCUT2D eigenvalue weighted by Gasteiger charge is 2.48. The van der Waals surface area contributed by atoms with E-state index >= 15 is 0 Å². The molecule has 4 aromatic carbocycles. The molecule has 1 aliphatic rings. The third-order valence-corrected chi connectivity index (χ3v) is 13.6. The minimum absolute atomic E-state index is 0.0675. The zero-order valence-electron chi connectivity index (χ0n) is 25.7. The maximum atomic E-state index is 14.1. The lowest BCUT2D eigenvalue weighted by molar-refractivity contribution is -0.149. The van der Waals surface area contributed by atoms with Gasteiger partial charge in [-0.15, -0.1) is 0 Å². The Morgan fingerprint density at radius 3 is 1.83 bits per heavy atom.